The van der Waals surface area contributed by atoms with Crippen molar-refractivity contribution in [3.63, 3.8) is 0 Å². The first-order valence-corrected chi connectivity index (χ1v) is 9.30. The van der Waals surface area contributed by atoms with Crippen molar-refractivity contribution in [1.29, 1.82) is 0 Å². The van der Waals surface area contributed by atoms with Crippen molar-refractivity contribution in [2.75, 3.05) is 19.5 Å². The smallest absolute Gasteiger partial charge is 0.338 e. The number of hydrogen-bond acceptors (Lipinski definition) is 6. The minimum absolute atomic E-state index is 0.366. The second kappa shape index (κ2) is 9.60. The van der Waals surface area contributed by atoms with Crippen LogP contribution in [0.4, 0.5) is 5.69 Å². The Bertz CT molecular complexity index is 1000. The Kier molecular flexibility index (Phi) is 6.69. The highest BCUT2D eigenvalue weighted by Crippen LogP contribution is 2.29. The molecular weight excluding hydrogens is 386 g/mol. The van der Waals surface area contributed by atoms with E-state index in [9.17, 15) is 9.59 Å². The summed E-state index contributed by atoms with van der Waals surface area (Å²) in [6.45, 7) is 2.12. The van der Waals surface area contributed by atoms with Crippen LogP contribution < -0.4 is 14.8 Å². The number of carbonyl (C=O) groups is 2. The molecule has 30 heavy (non-hydrogen) atoms. The summed E-state index contributed by atoms with van der Waals surface area (Å²) in [5, 5.41) is 6.85. The molecule has 8 heteroatoms. The molecule has 3 rings (SSSR count). The van der Waals surface area contributed by atoms with Crippen LogP contribution in [0, 0.1) is 0 Å². The van der Waals surface area contributed by atoms with Gasteiger partial charge in [0.25, 0.3) is 5.91 Å². The van der Waals surface area contributed by atoms with Gasteiger partial charge >= 0.3 is 5.97 Å². The van der Waals surface area contributed by atoms with Crippen molar-refractivity contribution >= 4 is 17.6 Å². The summed E-state index contributed by atoms with van der Waals surface area (Å²) in [6.07, 6.45) is 2.59. The van der Waals surface area contributed by atoms with Gasteiger partial charge in [0.15, 0.2) is 17.6 Å². The molecule has 0 aliphatic rings. The quantitative estimate of drug-likeness (QED) is 0.575. The number of esters is 1. The number of rotatable bonds is 8. The number of amides is 1. The standard InChI is InChI=1S/C22H23N3O5/c1-15(21(26)24-18-9-10-19(28-2)20(13-18)29-3)30-22(27)17-7-5-16(6-8-17)14-25-12-4-11-23-25/h4-13,15H,14H2,1-3H3,(H,24,26)/t15-/m1/s1. The highest BCUT2D eigenvalue weighted by atomic mass is 16.5. The van der Waals surface area contributed by atoms with E-state index in [1.54, 1.807) is 41.2 Å². The van der Waals surface area contributed by atoms with Gasteiger partial charge in [-0.15, -0.1) is 0 Å². The summed E-state index contributed by atoms with van der Waals surface area (Å²) in [5.41, 5.74) is 1.86. The molecule has 0 unspecified atom stereocenters. The third-order valence-corrected chi connectivity index (χ3v) is 4.40. The first-order valence-electron chi connectivity index (χ1n) is 9.30. The van der Waals surface area contributed by atoms with Gasteiger partial charge < -0.3 is 19.5 Å². The number of anilines is 1. The van der Waals surface area contributed by atoms with Gasteiger partial charge in [-0.25, -0.2) is 4.79 Å². The number of carbonyl (C=O) groups excluding carboxylic acids is 2. The van der Waals surface area contributed by atoms with Gasteiger partial charge in [0.1, 0.15) is 0 Å². The van der Waals surface area contributed by atoms with Crippen LogP contribution in [0.3, 0.4) is 0 Å². The number of hydrogen-bond donors (Lipinski definition) is 1. The second-order valence-electron chi connectivity index (χ2n) is 6.51. The largest absolute Gasteiger partial charge is 0.493 e. The summed E-state index contributed by atoms with van der Waals surface area (Å²) in [4.78, 5) is 24.8. The molecule has 2 aromatic carbocycles. The molecule has 0 spiro atoms. The molecule has 156 valence electrons. The molecule has 0 saturated carbocycles. The molecule has 8 nitrogen and oxygen atoms in total. The van der Waals surface area contributed by atoms with Gasteiger partial charge in [-0.1, -0.05) is 12.1 Å². The molecular formula is C22H23N3O5. The lowest BCUT2D eigenvalue weighted by atomic mass is 10.1. The van der Waals surface area contributed by atoms with E-state index in [0.717, 1.165) is 5.56 Å². The number of methoxy groups -OCH3 is 2. The fourth-order valence-corrected chi connectivity index (χ4v) is 2.77. The van der Waals surface area contributed by atoms with E-state index < -0.39 is 18.0 Å². The van der Waals surface area contributed by atoms with Crippen molar-refractivity contribution in [3.05, 3.63) is 72.1 Å². The first-order chi connectivity index (χ1) is 14.5. The molecule has 0 fully saturated rings. The summed E-state index contributed by atoms with van der Waals surface area (Å²) >= 11 is 0. The van der Waals surface area contributed by atoms with E-state index in [4.69, 9.17) is 14.2 Å². The Morgan fingerprint density at radius 1 is 1.07 bits per heavy atom. The average Bonchev–Trinajstić information content (AvgIpc) is 3.27. The van der Waals surface area contributed by atoms with Gasteiger partial charge in [-0.3, -0.25) is 9.48 Å². The Hall–Kier alpha value is -3.81. The van der Waals surface area contributed by atoms with Crippen molar-refractivity contribution in [2.24, 2.45) is 0 Å². The Morgan fingerprint density at radius 3 is 2.43 bits per heavy atom. The third kappa shape index (κ3) is 5.16. The Balaban J connectivity index is 1.57. The zero-order valence-corrected chi connectivity index (χ0v) is 17.0. The van der Waals surface area contributed by atoms with Crippen LogP contribution in [0.15, 0.2) is 60.9 Å². The molecule has 0 radical (unpaired) electrons. The molecule has 1 N–H and O–H groups in total. The van der Waals surface area contributed by atoms with Crippen molar-refractivity contribution in [2.45, 2.75) is 19.6 Å². The first kappa shape index (κ1) is 20.9. The number of nitrogens with zero attached hydrogens (tertiary/aromatic N) is 2. The zero-order chi connectivity index (χ0) is 21.5. The molecule has 1 heterocycles. The van der Waals surface area contributed by atoms with Crippen molar-refractivity contribution in [1.82, 2.24) is 9.78 Å². The Labute approximate surface area is 174 Å². The lowest BCUT2D eigenvalue weighted by molar-refractivity contribution is -0.123. The van der Waals surface area contributed by atoms with E-state index in [-0.39, 0.29) is 0 Å². The predicted molar refractivity (Wildman–Crippen MR) is 111 cm³/mol. The van der Waals surface area contributed by atoms with Gasteiger partial charge in [-0.2, -0.15) is 5.10 Å². The summed E-state index contributed by atoms with van der Waals surface area (Å²) in [5.74, 6) is 0.00241. The predicted octanol–water partition coefficient (Wildman–Crippen LogP) is 3.13. The van der Waals surface area contributed by atoms with E-state index in [1.165, 1.54) is 21.1 Å². The topological polar surface area (TPSA) is 91.7 Å². The lowest BCUT2D eigenvalue weighted by Crippen LogP contribution is -2.30. The van der Waals surface area contributed by atoms with E-state index in [0.29, 0.717) is 29.3 Å². The lowest BCUT2D eigenvalue weighted by Gasteiger charge is -2.15. The zero-order valence-electron chi connectivity index (χ0n) is 17.0. The van der Waals surface area contributed by atoms with Crippen LogP contribution >= 0.6 is 0 Å². The fraction of sp³-hybridized carbons (Fsp3) is 0.227. The highest BCUT2D eigenvalue weighted by molar-refractivity contribution is 5.97. The van der Waals surface area contributed by atoms with Gasteiger partial charge in [0, 0.05) is 24.1 Å². The van der Waals surface area contributed by atoms with Crippen LogP contribution in [0.1, 0.15) is 22.8 Å². The summed E-state index contributed by atoms with van der Waals surface area (Å²) < 4.78 is 17.5. The molecule has 1 atom stereocenters. The van der Waals surface area contributed by atoms with E-state index >= 15 is 0 Å². The van der Waals surface area contributed by atoms with Crippen LogP contribution in [-0.2, 0) is 16.1 Å². The molecule has 0 aliphatic heterocycles. The van der Waals surface area contributed by atoms with Crippen molar-refractivity contribution < 1.29 is 23.8 Å². The van der Waals surface area contributed by atoms with Gasteiger partial charge in [0.05, 0.1) is 26.3 Å². The SMILES string of the molecule is COc1ccc(NC(=O)[C@@H](C)OC(=O)c2ccc(Cn3cccn3)cc2)cc1OC. The van der Waals surface area contributed by atoms with Crippen molar-refractivity contribution in [3.8, 4) is 11.5 Å². The summed E-state index contributed by atoms with van der Waals surface area (Å²) in [6, 6.07) is 13.8. The normalized spacial score (nSPS) is 11.4. The minimum Gasteiger partial charge on any atom is -0.493 e. The number of benzene rings is 2. The fourth-order valence-electron chi connectivity index (χ4n) is 2.77. The minimum atomic E-state index is -0.977. The number of aromatic nitrogens is 2. The maximum Gasteiger partial charge on any atom is 0.338 e. The third-order valence-electron chi connectivity index (χ3n) is 4.40. The number of nitrogens with one attached hydrogen (secondary N) is 1. The van der Waals surface area contributed by atoms with Crippen LogP contribution in [0.2, 0.25) is 0 Å². The Morgan fingerprint density at radius 2 is 1.80 bits per heavy atom. The monoisotopic (exact) mass is 409 g/mol. The highest BCUT2D eigenvalue weighted by Gasteiger charge is 2.19. The van der Waals surface area contributed by atoms with Crippen LogP contribution in [0.5, 0.6) is 11.5 Å². The number of ether oxygens (including phenoxy) is 3. The summed E-state index contributed by atoms with van der Waals surface area (Å²) in [7, 11) is 3.04. The van der Waals surface area contributed by atoms with Crippen LogP contribution in [-0.4, -0.2) is 42.0 Å². The van der Waals surface area contributed by atoms with Gasteiger partial charge in [-0.05, 0) is 42.8 Å². The molecule has 0 aliphatic carbocycles. The molecule has 3 aromatic rings. The van der Waals surface area contributed by atoms with Gasteiger partial charge in [0.2, 0.25) is 0 Å². The van der Waals surface area contributed by atoms with E-state index in [2.05, 4.69) is 10.4 Å². The second-order valence-corrected chi connectivity index (χ2v) is 6.51. The molecule has 1 amide bonds. The maximum absolute atomic E-state index is 12.4. The average molecular weight is 409 g/mol. The maximum atomic E-state index is 12.4. The molecule has 0 bridgehead atoms. The van der Waals surface area contributed by atoms with E-state index in [1.807, 2.05) is 24.4 Å². The van der Waals surface area contributed by atoms with Crippen LogP contribution in [0.25, 0.3) is 0 Å². The molecule has 0 saturated heterocycles. The molecule has 1 aromatic heterocycles.